The Labute approximate surface area is 149 Å². The second-order valence-corrected chi connectivity index (χ2v) is 7.40. The van der Waals surface area contributed by atoms with Gasteiger partial charge in [0.2, 0.25) is 0 Å². The molecule has 0 spiro atoms. The molecule has 3 heterocycles. The molecule has 1 saturated heterocycles. The van der Waals surface area contributed by atoms with Gasteiger partial charge in [-0.3, -0.25) is 0 Å². The second-order valence-electron chi connectivity index (χ2n) is 7.40. The van der Waals surface area contributed by atoms with E-state index in [0.717, 1.165) is 54.8 Å². The maximum Gasteiger partial charge on any atom is 0.161 e. The number of rotatable bonds is 2. The second kappa shape index (κ2) is 6.07. The van der Waals surface area contributed by atoms with E-state index in [0.29, 0.717) is 6.61 Å². The molecule has 0 radical (unpaired) electrons. The van der Waals surface area contributed by atoms with Crippen molar-refractivity contribution in [3.63, 3.8) is 0 Å². The van der Waals surface area contributed by atoms with Gasteiger partial charge in [-0.25, -0.2) is 9.97 Å². The number of ether oxygens (including phenoxy) is 2. The van der Waals surface area contributed by atoms with Gasteiger partial charge in [0.1, 0.15) is 11.4 Å². The van der Waals surface area contributed by atoms with Crippen LogP contribution in [0.5, 0.6) is 0 Å². The van der Waals surface area contributed by atoms with E-state index in [1.165, 1.54) is 11.1 Å². The van der Waals surface area contributed by atoms with Crippen molar-refractivity contribution in [2.24, 2.45) is 0 Å². The highest BCUT2D eigenvalue weighted by molar-refractivity contribution is 5.63. The molecular formula is C20H25N3O2. The van der Waals surface area contributed by atoms with Gasteiger partial charge in [-0.05, 0) is 44.9 Å². The van der Waals surface area contributed by atoms with E-state index in [1.54, 1.807) is 0 Å². The number of benzene rings is 1. The van der Waals surface area contributed by atoms with Crippen LogP contribution in [0.2, 0.25) is 0 Å². The highest BCUT2D eigenvalue weighted by atomic mass is 16.5. The maximum absolute atomic E-state index is 6.02. The van der Waals surface area contributed by atoms with E-state index < -0.39 is 0 Å². The van der Waals surface area contributed by atoms with Gasteiger partial charge in [-0.1, -0.05) is 12.1 Å². The quantitative estimate of drug-likeness (QED) is 0.839. The predicted octanol–water partition coefficient (Wildman–Crippen LogP) is 3.36. The molecule has 1 fully saturated rings. The fraction of sp³-hybridized carbons (Fsp3) is 0.500. The van der Waals surface area contributed by atoms with Crippen LogP contribution < -0.4 is 4.90 Å². The van der Waals surface area contributed by atoms with Gasteiger partial charge in [0, 0.05) is 24.2 Å². The fourth-order valence-electron chi connectivity index (χ4n) is 3.47. The van der Waals surface area contributed by atoms with Crippen LogP contribution >= 0.6 is 0 Å². The van der Waals surface area contributed by atoms with Crippen LogP contribution in [-0.4, -0.2) is 36.3 Å². The first-order chi connectivity index (χ1) is 12.0. The van der Waals surface area contributed by atoms with Gasteiger partial charge in [0.05, 0.1) is 25.5 Å². The molecule has 0 saturated carbocycles. The zero-order valence-electron chi connectivity index (χ0n) is 15.4. The van der Waals surface area contributed by atoms with Crippen LogP contribution in [-0.2, 0) is 21.7 Å². The number of hydrogen-bond acceptors (Lipinski definition) is 5. The third-order valence-corrected chi connectivity index (χ3v) is 5.21. The van der Waals surface area contributed by atoms with Crippen molar-refractivity contribution < 1.29 is 9.47 Å². The Kier molecular flexibility index (Phi) is 4.01. The zero-order valence-corrected chi connectivity index (χ0v) is 15.4. The summed E-state index contributed by atoms with van der Waals surface area (Å²) in [4.78, 5) is 12.2. The maximum atomic E-state index is 6.02. The van der Waals surface area contributed by atoms with Crippen molar-refractivity contribution in [3.8, 4) is 11.4 Å². The van der Waals surface area contributed by atoms with Crippen molar-refractivity contribution in [2.45, 2.75) is 39.9 Å². The summed E-state index contributed by atoms with van der Waals surface area (Å²) in [6.07, 6.45) is 0. The van der Waals surface area contributed by atoms with Gasteiger partial charge >= 0.3 is 0 Å². The van der Waals surface area contributed by atoms with E-state index in [9.17, 15) is 0 Å². The Bertz CT molecular complexity index is 811. The lowest BCUT2D eigenvalue weighted by atomic mass is 10.0. The molecule has 0 N–H and O–H groups in total. The van der Waals surface area contributed by atoms with Crippen molar-refractivity contribution in [2.75, 3.05) is 31.2 Å². The summed E-state index contributed by atoms with van der Waals surface area (Å²) in [7, 11) is 0. The molecule has 1 aromatic heterocycles. The average Bonchev–Trinajstić information content (AvgIpc) is 2.92. The van der Waals surface area contributed by atoms with Gasteiger partial charge < -0.3 is 14.4 Å². The Morgan fingerprint density at radius 1 is 1.04 bits per heavy atom. The molecule has 0 bridgehead atoms. The van der Waals surface area contributed by atoms with Crippen LogP contribution in [0.3, 0.4) is 0 Å². The summed E-state index contributed by atoms with van der Waals surface area (Å²) in [6.45, 7) is 12.2. The molecule has 5 nitrogen and oxygen atoms in total. The highest BCUT2D eigenvalue weighted by Crippen LogP contribution is 2.40. The van der Waals surface area contributed by atoms with Crippen LogP contribution in [0.15, 0.2) is 18.2 Å². The standard InChI is InChI=1S/C20H25N3O2/c1-13-5-6-15(11-14(13)2)18-21-17-16(12-25-20(17,3)4)19(22-18)23-7-9-24-10-8-23/h5-6,11H,7-10,12H2,1-4H3. The van der Waals surface area contributed by atoms with Gasteiger partial charge in [0.15, 0.2) is 5.82 Å². The minimum Gasteiger partial charge on any atom is -0.378 e. The smallest absolute Gasteiger partial charge is 0.161 e. The molecule has 1 aromatic carbocycles. The largest absolute Gasteiger partial charge is 0.378 e. The Morgan fingerprint density at radius 3 is 2.52 bits per heavy atom. The third kappa shape index (κ3) is 2.92. The first-order valence-electron chi connectivity index (χ1n) is 8.91. The van der Waals surface area contributed by atoms with E-state index in [2.05, 4.69) is 50.8 Å². The SMILES string of the molecule is Cc1ccc(-c2nc(N3CCOCC3)c3c(n2)C(C)(C)OC3)cc1C. The third-order valence-electron chi connectivity index (χ3n) is 5.21. The highest BCUT2D eigenvalue weighted by Gasteiger charge is 2.37. The molecule has 0 atom stereocenters. The summed E-state index contributed by atoms with van der Waals surface area (Å²) in [6, 6.07) is 6.41. The summed E-state index contributed by atoms with van der Waals surface area (Å²) in [5.74, 6) is 1.79. The Hall–Kier alpha value is -1.98. The molecule has 4 rings (SSSR count). The molecule has 2 aliphatic rings. The van der Waals surface area contributed by atoms with E-state index in [-0.39, 0.29) is 5.60 Å². The monoisotopic (exact) mass is 339 g/mol. The number of aryl methyl sites for hydroxylation is 2. The van der Waals surface area contributed by atoms with Crippen LogP contribution in [0, 0.1) is 13.8 Å². The summed E-state index contributed by atoms with van der Waals surface area (Å²) in [5, 5.41) is 0. The number of aromatic nitrogens is 2. The summed E-state index contributed by atoms with van der Waals surface area (Å²) >= 11 is 0. The van der Waals surface area contributed by atoms with Crippen molar-refractivity contribution in [1.82, 2.24) is 9.97 Å². The molecule has 25 heavy (non-hydrogen) atoms. The number of fused-ring (bicyclic) bond motifs is 1. The van der Waals surface area contributed by atoms with Gasteiger partial charge in [-0.15, -0.1) is 0 Å². The topological polar surface area (TPSA) is 47.5 Å². The first-order valence-corrected chi connectivity index (χ1v) is 8.91. The number of morpholine rings is 1. The minimum atomic E-state index is -0.381. The lowest BCUT2D eigenvalue weighted by molar-refractivity contribution is -0.0100. The molecule has 0 unspecified atom stereocenters. The molecule has 132 valence electrons. The minimum absolute atomic E-state index is 0.381. The van der Waals surface area contributed by atoms with Crippen molar-refractivity contribution in [3.05, 3.63) is 40.6 Å². The molecule has 0 aliphatic carbocycles. The summed E-state index contributed by atoms with van der Waals surface area (Å²) in [5.41, 5.74) is 5.35. The van der Waals surface area contributed by atoms with Crippen LogP contribution in [0.4, 0.5) is 5.82 Å². The Balaban J connectivity index is 1.86. The van der Waals surface area contributed by atoms with Gasteiger partial charge in [-0.2, -0.15) is 0 Å². The first kappa shape index (κ1) is 16.5. The number of hydrogen-bond donors (Lipinski definition) is 0. The summed E-state index contributed by atoms with van der Waals surface area (Å²) < 4.78 is 11.5. The molecule has 5 heteroatoms. The molecular weight excluding hydrogens is 314 g/mol. The van der Waals surface area contributed by atoms with Crippen molar-refractivity contribution >= 4 is 5.82 Å². The van der Waals surface area contributed by atoms with E-state index in [4.69, 9.17) is 19.4 Å². The fourth-order valence-corrected chi connectivity index (χ4v) is 3.47. The Morgan fingerprint density at radius 2 is 1.80 bits per heavy atom. The molecule has 2 aromatic rings. The number of nitrogens with zero attached hydrogens (tertiary/aromatic N) is 3. The lowest BCUT2D eigenvalue weighted by Gasteiger charge is -2.29. The molecule has 0 amide bonds. The lowest BCUT2D eigenvalue weighted by Crippen LogP contribution is -2.37. The van der Waals surface area contributed by atoms with Gasteiger partial charge in [0.25, 0.3) is 0 Å². The van der Waals surface area contributed by atoms with E-state index in [1.807, 2.05) is 0 Å². The molecule has 2 aliphatic heterocycles. The predicted molar refractivity (Wildman–Crippen MR) is 97.8 cm³/mol. The zero-order chi connectivity index (χ0) is 17.6. The average molecular weight is 339 g/mol. The number of anilines is 1. The van der Waals surface area contributed by atoms with Crippen LogP contribution in [0.25, 0.3) is 11.4 Å². The van der Waals surface area contributed by atoms with E-state index >= 15 is 0 Å². The normalized spacial score (nSPS) is 19.1. The van der Waals surface area contributed by atoms with Crippen molar-refractivity contribution in [1.29, 1.82) is 0 Å². The van der Waals surface area contributed by atoms with Crippen LogP contribution in [0.1, 0.15) is 36.2 Å².